The predicted molar refractivity (Wildman–Crippen MR) is 138 cm³/mol. The molecular formula is C31H25Si. The molecule has 0 fully saturated rings. The average Bonchev–Trinajstić information content (AvgIpc) is 3.31. The van der Waals surface area contributed by atoms with Crippen LogP contribution in [-0.2, 0) is 12.5 Å². The van der Waals surface area contributed by atoms with Crippen LogP contribution in [0.4, 0.5) is 0 Å². The topological polar surface area (TPSA) is 0 Å². The van der Waals surface area contributed by atoms with E-state index in [1.807, 2.05) is 0 Å². The van der Waals surface area contributed by atoms with E-state index in [1.165, 1.54) is 39.1 Å². The lowest BCUT2D eigenvalue weighted by Gasteiger charge is -2.36. The summed E-state index contributed by atoms with van der Waals surface area (Å²) in [6, 6.07) is 30.8. The van der Waals surface area contributed by atoms with Gasteiger partial charge in [-0.25, -0.2) is 0 Å². The molecule has 1 heteroatoms. The summed E-state index contributed by atoms with van der Waals surface area (Å²) in [4.78, 5) is 0. The second-order valence-electron chi connectivity index (χ2n) is 9.65. The zero-order valence-corrected chi connectivity index (χ0v) is 19.6. The molecule has 0 aromatic heterocycles. The van der Waals surface area contributed by atoms with Crippen LogP contribution in [-0.4, -0.2) is 8.80 Å². The average molecular weight is 426 g/mol. The standard InChI is InChI=1S/C31H25Si/c1-19-17-27-24-11-7-6-10-22(24)12-14-25(27)28(19)26-15-13-23-16-20(2)30-29(23)31(26)32(30)18-21-8-4-3-5-9-21/h3-15,17,28H,16,18H2,1-2H3. The summed E-state index contributed by atoms with van der Waals surface area (Å²) in [6.07, 6.45) is 3.61. The first-order valence-electron chi connectivity index (χ1n) is 11.7. The van der Waals surface area contributed by atoms with Gasteiger partial charge in [0.15, 0.2) is 0 Å². The lowest BCUT2D eigenvalue weighted by molar-refractivity contribution is 0.982. The zero-order valence-electron chi connectivity index (χ0n) is 18.6. The summed E-state index contributed by atoms with van der Waals surface area (Å²) in [6.45, 7) is 4.71. The molecule has 4 aromatic carbocycles. The lowest BCUT2D eigenvalue weighted by atomic mass is 9.86. The molecule has 7 rings (SSSR count). The lowest BCUT2D eigenvalue weighted by Crippen LogP contribution is -2.49. The Balaban J connectivity index is 1.40. The van der Waals surface area contributed by atoms with Gasteiger partial charge in [-0.1, -0.05) is 102 Å². The third kappa shape index (κ3) is 2.43. The molecule has 1 aliphatic heterocycles. The van der Waals surface area contributed by atoms with E-state index < -0.39 is 8.80 Å². The highest BCUT2D eigenvalue weighted by molar-refractivity contribution is 6.97. The molecule has 0 amide bonds. The Morgan fingerprint density at radius 1 is 0.812 bits per heavy atom. The summed E-state index contributed by atoms with van der Waals surface area (Å²) < 4.78 is 0. The van der Waals surface area contributed by atoms with Gasteiger partial charge in [-0.2, -0.15) is 0 Å². The first-order valence-corrected chi connectivity index (χ1v) is 13.4. The maximum absolute atomic E-state index is 2.48. The van der Waals surface area contributed by atoms with Gasteiger partial charge in [0.2, 0.25) is 0 Å². The fraction of sp³-hybridized carbons (Fsp3) is 0.161. The molecule has 1 unspecified atom stereocenters. The van der Waals surface area contributed by atoms with Crippen LogP contribution in [0.2, 0.25) is 0 Å². The van der Waals surface area contributed by atoms with E-state index in [4.69, 9.17) is 0 Å². The quantitative estimate of drug-likeness (QED) is 0.318. The van der Waals surface area contributed by atoms with Crippen molar-refractivity contribution in [2.24, 2.45) is 0 Å². The number of rotatable bonds is 3. The Kier molecular flexibility index (Phi) is 3.84. The molecule has 3 aliphatic rings. The van der Waals surface area contributed by atoms with E-state index in [2.05, 4.69) is 98.8 Å². The van der Waals surface area contributed by atoms with Gasteiger partial charge in [-0.05, 0) is 75.3 Å². The van der Waals surface area contributed by atoms with Crippen molar-refractivity contribution in [1.29, 1.82) is 0 Å². The van der Waals surface area contributed by atoms with Gasteiger partial charge < -0.3 is 0 Å². The molecule has 1 heterocycles. The van der Waals surface area contributed by atoms with Gasteiger partial charge in [0.25, 0.3) is 0 Å². The molecule has 0 nitrogen and oxygen atoms in total. The molecule has 0 bridgehead atoms. The Bertz CT molecular complexity index is 1490. The summed E-state index contributed by atoms with van der Waals surface area (Å²) in [7, 11) is -0.724. The SMILES string of the molecule is CC1=Cc2c(ccc3ccccc23)C1c1ccc2c3c1[Si](Cc1ccccc1)C3=C(C)C2. The highest BCUT2D eigenvalue weighted by Gasteiger charge is 2.44. The first kappa shape index (κ1) is 18.4. The Morgan fingerprint density at radius 3 is 2.47 bits per heavy atom. The van der Waals surface area contributed by atoms with Crippen LogP contribution in [0.25, 0.3) is 22.0 Å². The molecule has 0 saturated heterocycles. The van der Waals surface area contributed by atoms with Gasteiger partial charge in [0.05, 0.1) is 0 Å². The monoisotopic (exact) mass is 425 g/mol. The maximum atomic E-state index is 2.48. The fourth-order valence-electron chi connectivity index (χ4n) is 6.39. The van der Waals surface area contributed by atoms with Crippen molar-refractivity contribution in [3.8, 4) is 0 Å². The van der Waals surface area contributed by atoms with E-state index in [0.717, 1.165) is 6.42 Å². The van der Waals surface area contributed by atoms with E-state index in [1.54, 1.807) is 32.6 Å². The van der Waals surface area contributed by atoms with Crippen molar-refractivity contribution in [3.63, 3.8) is 0 Å². The molecular weight excluding hydrogens is 400 g/mol. The normalized spacial score (nSPS) is 18.6. The zero-order chi connectivity index (χ0) is 21.4. The van der Waals surface area contributed by atoms with Crippen LogP contribution in [0.15, 0.2) is 90.0 Å². The summed E-state index contributed by atoms with van der Waals surface area (Å²) in [5.74, 6) is 0.396. The first-order chi connectivity index (χ1) is 15.7. The van der Waals surface area contributed by atoms with Crippen molar-refractivity contribution in [1.82, 2.24) is 0 Å². The molecule has 1 radical (unpaired) electrons. The molecule has 0 spiro atoms. The van der Waals surface area contributed by atoms with Gasteiger partial charge in [-0.3, -0.25) is 0 Å². The van der Waals surface area contributed by atoms with E-state index in [0.29, 0.717) is 5.92 Å². The minimum atomic E-state index is -0.724. The number of benzene rings is 4. The number of fused-ring (bicyclic) bond motifs is 3. The van der Waals surface area contributed by atoms with Crippen LogP contribution in [0.1, 0.15) is 53.1 Å². The van der Waals surface area contributed by atoms with Gasteiger partial charge in [-0.15, -0.1) is 0 Å². The molecule has 1 atom stereocenters. The number of allylic oxidation sites excluding steroid dienone is 2. The van der Waals surface area contributed by atoms with Gasteiger partial charge >= 0.3 is 0 Å². The Hall–Kier alpha value is -3.16. The molecule has 32 heavy (non-hydrogen) atoms. The molecule has 153 valence electrons. The van der Waals surface area contributed by atoms with Crippen molar-refractivity contribution < 1.29 is 0 Å². The molecule has 4 aromatic rings. The van der Waals surface area contributed by atoms with Crippen LogP contribution >= 0.6 is 0 Å². The highest BCUT2D eigenvalue weighted by atomic mass is 28.3. The third-order valence-corrected chi connectivity index (χ3v) is 10.9. The third-order valence-electron chi connectivity index (χ3n) is 7.74. The Morgan fingerprint density at radius 2 is 1.59 bits per heavy atom. The van der Waals surface area contributed by atoms with E-state index >= 15 is 0 Å². The second-order valence-corrected chi connectivity index (χ2v) is 12.0. The van der Waals surface area contributed by atoms with Gasteiger partial charge in [0.1, 0.15) is 8.80 Å². The van der Waals surface area contributed by atoms with Crippen molar-refractivity contribution >= 4 is 36.0 Å². The summed E-state index contributed by atoms with van der Waals surface area (Å²) >= 11 is 0. The van der Waals surface area contributed by atoms with E-state index in [9.17, 15) is 0 Å². The van der Waals surface area contributed by atoms with Gasteiger partial charge in [0, 0.05) is 5.92 Å². The molecule has 2 aliphatic carbocycles. The molecule has 0 N–H and O–H groups in total. The number of hydrogen-bond donors (Lipinski definition) is 0. The summed E-state index contributed by atoms with van der Waals surface area (Å²) in [5, 5.41) is 6.19. The fourth-order valence-corrected chi connectivity index (χ4v) is 9.80. The van der Waals surface area contributed by atoms with Crippen LogP contribution in [0.5, 0.6) is 0 Å². The van der Waals surface area contributed by atoms with Crippen LogP contribution in [0, 0.1) is 0 Å². The van der Waals surface area contributed by atoms with Crippen LogP contribution < -0.4 is 5.19 Å². The minimum absolute atomic E-state index is 0.396. The summed E-state index contributed by atoms with van der Waals surface area (Å²) in [5.41, 5.74) is 12.3. The predicted octanol–water partition coefficient (Wildman–Crippen LogP) is 6.75. The highest BCUT2D eigenvalue weighted by Crippen LogP contribution is 2.48. The molecule has 0 saturated carbocycles. The van der Waals surface area contributed by atoms with Crippen molar-refractivity contribution in [2.75, 3.05) is 0 Å². The smallest absolute Gasteiger partial charge is 0.0689 e. The largest absolute Gasteiger partial charge is 0.127 e. The van der Waals surface area contributed by atoms with Crippen molar-refractivity contribution in [3.05, 3.63) is 123 Å². The van der Waals surface area contributed by atoms with E-state index in [-0.39, 0.29) is 0 Å². The minimum Gasteiger partial charge on any atom is -0.0689 e. The van der Waals surface area contributed by atoms with Crippen molar-refractivity contribution in [2.45, 2.75) is 32.2 Å². The maximum Gasteiger partial charge on any atom is 0.127 e. The second kappa shape index (κ2) is 6.67. The number of hydrogen-bond acceptors (Lipinski definition) is 0. The Labute approximate surface area is 191 Å². The van der Waals surface area contributed by atoms with Crippen LogP contribution in [0.3, 0.4) is 0 Å².